The van der Waals surface area contributed by atoms with Crippen LogP contribution in [0.5, 0.6) is 0 Å². The fraction of sp³-hybridized carbons (Fsp3) is 0. The highest BCUT2D eigenvalue weighted by molar-refractivity contribution is 6.06. The Morgan fingerprint density at radius 3 is 2.53 bits per heavy atom. The van der Waals surface area contributed by atoms with Gasteiger partial charge in [0.2, 0.25) is 0 Å². The van der Waals surface area contributed by atoms with Crippen LogP contribution in [0.4, 0.5) is 0 Å². The largest absolute Gasteiger partial charge is 0.306 e. The first-order chi connectivity index (χ1) is 9.45. The van der Waals surface area contributed by atoms with Crippen LogP contribution < -0.4 is 0 Å². The molecule has 0 saturated heterocycles. The average Bonchev–Trinajstić information content (AvgIpc) is 2.83. The van der Waals surface area contributed by atoms with Crippen molar-refractivity contribution in [1.82, 2.24) is 14.5 Å². The second kappa shape index (κ2) is 3.92. The van der Waals surface area contributed by atoms with Crippen molar-refractivity contribution < 1.29 is 0 Å². The highest BCUT2D eigenvalue weighted by atomic mass is 15.0. The van der Waals surface area contributed by atoms with Gasteiger partial charge < -0.3 is 4.57 Å². The molecular formula is C16H11N3. The predicted octanol–water partition coefficient (Wildman–Crippen LogP) is 3.57. The summed E-state index contributed by atoms with van der Waals surface area (Å²) in [5, 5.41) is 1.17. The third-order valence-corrected chi connectivity index (χ3v) is 3.33. The Kier molecular flexibility index (Phi) is 2.12. The van der Waals surface area contributed by atoms with Crippen LogP contribution in [0, 0.1) is 0 Å². The number of pyridine rings is 2. The molecule has 0 aliphatic rings. The molecule has 0 amide bonds. The zero-order valence-corrected chi connectivity index (χ0v) is 10.2. The number of fused-ring (bicyclic) bond motifs is 3. The number of rotatable bonds is 1. The van der Waals surface area contributed by atoms with Crippen molar-refractivity contribution in [2.24, 2.45) is 0 Å². The lowest BCUT2D eigenvalue weighted by Gasteiger charge is -2.05. The second-order valence-electron chi connectivity index (χ2n) is 4.43. The van der Waals surface area contributed by atoms with Crippen LogP contribution in [0.3, 0.4) is 0 Å². The van der Waals surface area contributed by atoms with Crippen molar-refractivity contribution in [2.45, 2.75) is 0 Å². The minimum absolute atomic E-state index is 1.03. The van der Waals surface area contributed by atoms with Gasteiger partial charge in [-0.2, -0.15) is 0 Å². The lowest BCUT2D eigenvalue weighted by Crippen LogP contribution is -1.93. The average molecular weight is 245 g/mol. The van der Waals surface area contributed by atoms with Crippen molar-refractivity contribution in [2.75, 3.05) is 0 Å². The predicted molar refractivity (Wildman–Crippen MR) is 76.4 cm³/mol. The summed E-state index contributed by atoms with van der Waals surface area (Å²) in [6, 6.07) is 16.4. The molecule has 19 heavy (non-hydrogen) atoms. The summed E-state index contributed by atoms with van der Waals surface area (Å²) in [7, 11) is 0. The van der Waals surface area contributed by atoms with E-state index in [0.29, 0.717) is 0 Å². The Morgan fingerprint density at radius 2 is 1.63 bits per heavy atom. The van der Waals surface area contributed by atoms with Gasteiger partial charge in [0.15, 0.2) is 0 Å². The standard InChI is InChI=1S/C16H11N3/c1-2-7-14-13(6-1)16-15(8-4-10-18-16)19(14)12-5-3-9-17-11-12/h1-11H. The number of nitrogens with zero attached hydrogens (tertiary/aromatic N) is 3. The first-order valence-corrected chi connectivity index (χ1v) is 6.20. The van der Waals surface area contributed by atoms with E-state index in [1.54, 1.807) is 6.20 Å². The van der Waals surface area contributed by atoms with E-state index >= 15 is 0 Å². The van der Waals surface area contributed by atoms with Crippen molar-refractivity contribution >= 4 is 21.9 Å². The fourth-order valence-electron chi connectivity index (χ4n) is 2.55. The quantitative estimate of drug-likeness (QED) is 0.513. The van der Waals surface area contributed by atoms with Crippen molar-refractivity contribution in [1.29, 1.82) is 0 Å². The van der Waals surface area contributed by atoms with Crippen molar-refractivity contribution in [3.05, 3.63) is 67.1 Å². The monoisotopic (exact) mass is 245 g/mol. The Morgan fingerprint density at radius 1 is 0.789 bits per heavy atom. The fourth-order valence-corrected chi connectivity index (χ4v) is 2.55. The molecule has 4 aromatic rings. The normalized spacial score (nSPS) is 11.2. The van der Waals surface area contributed by atoms with Gasteiger partial charge >= 0.3 is 0 Å². The van der Waals surface area contributed by atoms with E-state index in [9.17, 15) is 0 Å². The van der Waals surface area contributed by atoms with Crippen molar-refractivity contribution in [3.8, 4) is 5.69 Å². The first kappa shape index (κ1) is 10.3. The maximum Gasteiger partial charge on any atom is 0.0963 e. The van der Waals surface area contributed by atoms with Crippen LogP contribution in [-0.4, -0.2) is 14.5 Å². The van der Waals surface area contributed by atoms with Crippen LogP contribution in [0.1, 0.15) is 0 Å². The minimum atomic E-state index is 1.03. The van der Waals surface area contributed by atoms with Gasteiger partial charge in [-0.1, -0.05) is 18.2 Å². The molecule has 3 heterocycles. The van der Waals surface area contributed by atoms with E-state index in [1.807, 2.05) is 36.7 Å². The van der Waals surface area contributed by atoms with Crippen LogP contribution in [0.2, 0.25) is 0 Å². The van der Waals surface area contributed by atoms with Gasteiger partial charge in [0, 0.05) is 17.8 Å². The maximum atomic E-state index is 4.51. The second-order valence-corrected chi connectivity index (χ2v) is 4.43. The number of aromatic nitrogens is 3. The molecule has 1 aromatic carbocycles. The van der Waals surface area contributed by atoms with Crippen LogP contribution in [0.25, 0.3) is 27.6 Å². The molecule has 0 spiro atoms. The Bertz CT molecular complexity index is 810. The van der Waals surface area contributed by atoms with E-state index in [4.69, 9.17) is 0 Å². The molecular weight excluding hydrogens is 234 g/mol. The van der Waals surface area contributed by atoms with E-state index in [0.717, 1.165) is 22.2 Å². The molecule has 3 heteroatoms. The Balaban J connectivity index is 2.24. The first-order valence-electron chi connectivity index (χ1n) is 6.20. The molecule has 0 aliphatic heterocycles. The SMILES string of the molecule is c1cncc(-n2c3ccccc3c3ncccc32)c1. The van der Waals surface area contributed by atoms with E-state index < -0.39 is 0 Å². The van der Waals surface area contributed by atoms with Gasteiger partial charge in [0.1, 0.15) is 0 Å². The summed E-state index contributed by atoms with van der Waals surface area (Å²) in [6.45, 7) is 0. The molecule has 0 unspecified atom stereocenters. The minimum Gasteiger partial charge on any atom is -0.306 e. The number of hydrogen-bond donors (Lipinski definition) is 0. The molecule has 0 atom stereocenters. The van der Waals surface area contributed by atoms with Gasteiger partial charge in [-0.3, -0.25) is 9.97 Å². The molecule has 0 N–H and O–H groups in total. The molecule has 0 radical (unpaired) electrons. The summed E-state index contributed by atoms with van der Waals surface area (Å²) in [6.07, 6.45) is 5.50. The highest BCUT2D eigenvalue weighted by Gasteiger charge is 2.11. The molecule has 90 valence electrons. The lowest BCUT2D eigenvalue weighted by atomic mass is 10.2. The third-order valence-electron chi connectivity index (χ3n) is 3.33. The summed E-state index contributed by atoms with van der Waals surface area (Å²) >= 11 is 0. The van der Waals surface area contributed by atoms with Crippen molar-refractivity contribution in [3.63, 3.8) is 0 Å². The van der Waals surface area contributed by atoms with Gasteiger partial charge in [0.05, 0.1) is 28.4 Å². The topological polar surface area (TPSA) is 30.7 Å². The van der Waals surface area contributed by atoms with Crippen LogP contribution in [0.15, 0.2) is 67.1 Å². The van der Waals surface area contributed by atoms with E-state index in [1.165, 1.54) is 5.39 Å². The number of para-hydroxylation sites is 1. The third kappa shape index (κ3) is 1.45. The molecule has 0 fully saturated rings. The van der Waals surface area contributed by atoms with E-state index in [2.05, 4.69) is 38.8 Å². The zero-order valence-electron chi connectivity index (χ0n) is 10.2. The molecule has 0 aliphatic carbocycles. The summed E-state index contributed by atoms with van der Waals surface area (Å²) in [4.78, 5) is 8.73. The van der Waals surface area contributed by atoms with Gasteiger partial charge in [-0.25, -0.2) is 0 Å². The smallest absolute Gasteiger partial charge is 0.0963 e. The lowest BCUT2D eigenvalue weighted by molar-refractivity contribution is 1.14. The number of benzene rings is 1. The molecule has 4 rings (SSSR count). The summed E-state index contributed by atoms with van der Waals surface area (Å²) in [5.74, 6) is 0. The molecule has 0 saturated carbocycles. The molecule has 3 aromatic heterocycles. The zero-order chi connectivity index (χ0) is 12.7. The van der Waals surface area contributed by atoms with Gasteiger partial charge in [-0.15, -0.1) is 0 Å². The van der Waals surface area contributed by atoms with Crippen LogP contribution >= 0.6 is 0 Å². The number of hydrogen-bond acceptors (Lipinski definition) is 2. The Hall–Kier alpha value is -2.68. The molecule has 3 nitrogen and oxygen atoms in total. The van der Waals surface area contributed by atoms with E-state index in [-0.39, 0.29) is 0 Å². The van der Waals surface area contributed by atoms with Crippen LogP contribution in [-0.2, 0) is 0 Å². The summed E-state index contributed by atoms with van der Waals surface area (Å²) < 4.78 is 2.20. The Labute approximate surface area is 110 Å². The highest BCUT2D eigenvalue weighted by Crippen LogP contribution is 2.29. The molecule has 0 bridgehead atoms. The van der Waals surface area contributed by atoms with Gasteiger partial charge in [0.25, 0.3) is 0 Å². The maximum absolute atomic E-state index is 4.51. The summed E-state index contributed by atoms with van der Waals surface area (Å²) in [5.41, 5.74) is 4.35. The van der Waals surface area contributed by atoms with Gasteiger partial charge in [-0.05, 0) is 30.3 Å².